The van der Waals surface area contributed by atoms with Crippen LogP contribution < -0.4 is 0 Å². The van der Waals surface area contributed by atoms with Gasteiger partial charge in [0.15, 0.2) is 0 Å². The van der Waals surface area contributed by atoms with Gasteiger partial charge in [-0.25, -0.2) is 0 Å². The smallest absolute Gasteiger partial charge is 0.111 e. The van der Waals surface area contributed by atoms with Gasteiger partial charge in [-0.2, -0.15) is 0 Å². The highest BCUT2D eigenvalue weighted by Gasteiger charge is 2.78. The summed E-state index contributed by atoms with van der Waals surface area (Å²) in [6.45, 7) is 10.7. The molecule has 9 aliphatic rings. The zero-order chi connectivity index (χ0) is 37.5. The monoisotopic (exact) mass is 742 g/mol. The molecule has 53 heavy (non-hydrogen) atoms. The lowest BCUT2D eigenvalue weighted by molar-refractivity contribution is -0.170. The topological polar surface area (TPSA) is 191 Å². The first-order valence-electron chi connectivity index (χ1n) is 21.3. The molecule has 0 radical (unpaired) electrons. The predicted octanol–water partition coefficient (Wildman–Crippen LogP) is 1.88. The zero-order valence-corrected chi connectivity index (χ0v) is 31.7. The summed E-state index contributed by atoms with van der Waals surface area (Å²) in [6.07, 6.45) is -2.48. The van der Waals surface area contributed by atoms with E-state index < -0.39 is 49.3 Å². The average Bonchev–Trinajstić information content (AvgIpc) is 4.05. The number of hydrogen-bond acceptors (Lipinski definition) is 10. The van der Waals surface area contributed by atoms with Gasteiger partial charge in [-0.3, -0.25) is 0 Å². The molecule has 1 saturated heterocycles. The minimum atomic E-state index is -2.08. The van der Waals surface area contributed by atoms with E-state index in [1.54, 1.807) is 5.57 Å². The third kappa shape index (κ3) is 5.85. The van der Waals surface area contributed by atoms with Gasteiger partial charge in [0.2, 0.25) is 0 Å². The Morgan fingerprint density at radius 2 is 1.36 bits per heavy atom. The Labute approximate surface area is 314 Å². The molecule has 0 spiro atoms. The molecule has 0 amide bonds. The van der Waals surface area contributed by atoms with Gasteiger partial charge < -0.3 is 50.7 Å². The van der Waals surface area contributed by atoms with E-state index >= 15 is 0 Å². The fourth-order valence-corrected chi connectivity index (χ4v) is 15.4. The molecule has 0 aromatic rings. The fraction of sp³-hybridized carbons (Fsp3) is 0.907. The molecular formula is C43H66O10. The number of allylic oxidation sites excluding steroid dienone is 2. The Hall–Kier alpha value is -0.920. The van der Waals surface area contributed by atoms with E-state index in [9.17, 15) is 40.9 Å². The van der Waals surface area contributed by atoms with Gasteiger partial charge in [0.1, 0.15) is 36.6 Å². The molecule has 0 aromatic carbocycles. The standard InChI is InChI=1S/C43H66O10/c1-5-18-9-19-11-20-8-16(3)29(31(20)21(19)10-18)35-30-17(4)43(30)53-28-13-24(28)34-33-22(23-12-25(45)32(23)36(35)37(33)34)6-15(2)7-26(46)38(48)40(50)42(52)41(51)39(49)27(47)14-44/h5,16-17,19-52H,2,6-14H2,1,3-4H3/b18-5+. The van der Waals surface area contributed by atoms with Crippen LogP contribution in [0.15, 0.2) is 23.8 Å². The minimum Gasteiger partial charge on any atom is -0.394 e. The third-order valence-electron chi connectivity index (χ3n) is 17.7. The Morgan fingerprint density at radius 3 is 2.04 bits per heavy atom. The van der Waals surface area contributed by atoms with E-state index in [1.165, 1.54) is 25.7 Å². The van der Waals surface area contributed by atoms with Crippen LogP contribution in [-0.2, 0) is 4.74 Å². The molecule has 1 aliphatic heterocycles. The Kier molecular flexibility index (Phi) is 9.66. The zero-order valence-electron chi connectivity index (χ0n) is 31.7. The van der Waals surface area contributed by atoms with Crippen LogP contribution in [0.4, 0.5) is 0 Å². The van der Waals surface area contributed by atoms with Crippen LogP contribution in [0.25, 0.3) is 0 Å². The Bertz CT molecular complexity index is 1440. The third-order valence-corrected chi connectivity index (χ3v) is 17.7. The summed E-state index contributed by atoms with van der Waals surface area (Å²) in [6, 6.07) is 0. The van der Waals surface area contributed by atoms with Crippen molar-refractivity contribution in [2.45, 2.75) is 133 Å². The quantitative estimate of drug-likeness (QED) is 0.134. The van der Waals surface area contributed by atoms with Crippen molar-refractivity contribution in [3.63, 3.8) is 0 Å². The van der Waals surface area contributed by atoms with Crippen molar-refractivity contribution < 1.29 is 50.7 Å². The predicted molar refractivity (Wildman–Crippen MR) is 194 cm³/mol. The summed E-state index contributed by atoms with van der Waals surface area (Å²) in [5.41, 5.74) is 2.42. The normalized spacial score (nSPS) is 54.5. The maximum atomic E-state index is 11.8. The first kappa shape index (κ1) is 37.6. The summed E-state index contributed by atoms with van der Waals surface area (Å²) in [7, 11) is 0. The molecule has 1 heterocycles. The van der Waals surface area contributed by atoms with Crippen LogP contribution in [0.3, 0.4) is 0 Å². The van der Waals surface area contributed by atoms with Gasteiger partial charge in [-0.05, 0) is 159 Å². The number of fused-ring (bicyclic) bond motifs is 9. The van der Waals surface area contributed by atoms with Crippen LogP contribution in [0, 0.1) is 101 Å². The Morgan fingerprint density at radius 1 is 0.698 bits per heavy atom. The van der Waals surface area contributed by atoms with Gasteiger partial charge >= 0.3 is 0 Å². The highest BCUT2D eigenvalue weighted by Crippen LogP contribution is 2.79. The van der Waals surface area contributed by atoms with Gasteiger partial charge in [0.05, 0.1) is 31.0 Å². The molecule has 8 saturated carbocycles. The molecule has 9 N–H and O–H groups in total. The van der Waals surface area contributed by atoms with E-state index in [1.807, 2.05) is 0 Å². The van der Waals surface area contributed by atoms with Crippen LogP contribution in [-0.4, -0.2) is 114 Å². The number of aliphatic hydroxyl groups is 9. The molecular weight excluding hydrogens is 676 g/mol. The maximum Gasteiger partial charge on any atom is 0.111 e. The van der Waals surface area contributed by atoms with Crippen molar-refractivity contribution in [3.05, 3.63) is 23.8 Å². The first-order chi connectivity index (χ1) is 25.3. The second kappa shape index (κ2) is 13.6. The molecule has 10 nitrogen and oxygen atoms in total. The SMILES string of the molecule is C=C(CC(O)C(O)C(O)C(O)C(O)C(O)C(O)CO)CC1C2CC(O)C2C2C(C3C(C)CC4CC5C/C(=C\C)CC5C43)C3C(C)C3OC3CC3C3C1C32. The molecule has 0 aromatic heterocycles. The summed E-state index contributed by atoms with van der Waals surface area (Å²) >= 11 is 0. The fourth-order valence-electron chi connectivity index (χ4n) is 15.4. The van der Waals surface area contributed by atoms with E-state index in [4.69, 9.17) is 9.84 Å². The summed E-state index contributed by atoms with van der Waals surface area (Å²) in [4.78, 5) is 0. The number of aliphatic hydroxyl groups excluding tert-OH is 9. The largest absolute Gasteiger partial charge is 0.394 e. The molecule has 27 atom stereocenters. The second-order valence-electron chi connectivity index (χ2n) is 20.1. The summed E-state index contributed by atoms with van der Waals surface area (Å²) in [5.74, 6) is 10.2. The highest BCUT2D eigenvalue weighted by atomic mass is 16.5. The Balaban J connectivity index is 0.941. The lowest BCUT2D eigenvalue weighted by Gasteiger charge is -2.57. The van der Waals surface area contributed by atoms with Gasteiger partial charge in [-0.1, -0.05) is 37.6 Å². The van der Waals surface area contributed by atoms with Crippen molar-refractivity contribution in [3.8, 4) is 0 Å². The van der Waals surface area contributed by atoms with Crippen LogP contribution in [0.2, 0.25) is 0 Å². The van der Waals surface area contributed by atoms with Gasteiger partial charge in [-0.15, -0.1) is 0 Å². The van der Waals surface area contributed by atoms with Crippen molar-refractivity contribution in [2.24, 2.45) is 101 Å². The molecule has 298 valence electrons. The minimum absolute atomic E-state index is 0.0107. The lowest BCUT2D eigenvalue weighted by Crippen LogP contribution is -2.56. The van der Waals surface area contributed by atoms with E-state index in [0.717, 1.165) is 42.1 Å². The van der Waals surface area contributed by atoms with E-state index in [0.29, 0.717) is 89.6 Å². The van der Waals surface area contributed by atoms with Crippen LogP contribution >= 0.6 is 0 Å². The molecule has 8 aliphatic carbocycles. The number of rotatable bonds is 12. The van der Waals surface area contributed by atoms with Crippen molar-refractivity contribution in [1.29, 1.82) is 0 Å². The summed E-state index contributed by atoms with van der Waals surface area (Å²) in [5, 5.41) is 93.5. The second-order valence-corrected chi connectivity index (χ2v) is 20.1. The first-order valence-corrected chi connectivity index (χ1v) is 21.3. The van der Waals surface area contributed by atoms with Crippen LogP contribution in [0.1, 0.15) is 72.1 Å². The molecule has 9 rings (SSSR count). The lowest BCUT2D eigenvalue weighted by atomic mass is 9.49. The van der Waals surface area contributed by atoms with Crippen molar-refractivity contribution >= 4 is 0 Å². The molecule has 9 fully saturated rings. The average molecular weight is 743 g/mol. The molecule has 0 bridgehead atoms. The van der Waals surface area contributed by atoms with Crippen molar-refractivity contribution in [1.82, 2.24) is 0 Å². The number of hydrogen-bond donors (Lipinski definition) is 9. The maximum absolute atomic E-state index is 11.8. The highest BCUT2D eigenvalue weighted by molar-refractivity contribution is 5.26. The van der Waals surface area contributed by atoms with Gasteiger partial charge in [0.25, 0.3) is 0 Å². The number of ether oxygens (including phenoxy) is 1. The molecule has 10 heteroatoms. The van der Waals surface area contributed by atoms with Crippen molar-refractivity contribution in [2.75, 3.05) is 6.61 Å². The van der Waals surface area contributed by atoms with E-state index in [-0.39, 0.29) is 18.4 Å². The summed E-state index contributed by atoms with van der Waals surface area (Å²) < 4.78 is 6.99. The van der Waals surface area contributed by atoms with E-state index in [2.05, 4.69) is 33.4 Å². The van der Waals surface area contributed by atoms with Crippen LogP contribution in [0.5, 0.6) is 0 Å². The van der Waals surface area contributed by atoms with Gasteiger partial charge in [0, 0.05) is 0 Å². The molecule has 27 unspecified atom stereocenters.